The highest BCUT2D eigenvalue weighted by Crippen LogP contribution is 2.35. The predicted octanol–water partition coefficient (Wildman–Crippen LogP) is 2.43. The second kappa shape index (κ2) is 7.38. The maximum absolute atomic E-state index is 13.2. The minimum atomic E-state index is -0.452. The number of rotatable bonds is 5. The molecule has 0 unspecified atom stereocenters. The molecule has 1 aliphatic rings. The summed E-state index contributed by atoms with van der Waals surface area (Å²) in [4.78, 5) is 27.7. The number of carbonyl (C=O) groups excluding carboxylic acids is 1. The van der Waals surface area contributed by atoms with Crippen LogP contribution in [-0.4, -0.2) is 15.5 Å². The van der Waals surface area contributed by atoms with Gasteiger partial charge in [-0.15, -0.1) is 0 Å². The lowest BCUT2D eigenvalue weighted by Gasteiger charge is -2.25. The zero-order chi connectivity index (χ0) is 16.9. The fraction of sp³-hybridized carbons (Fsp3) is 0.389. The molecule has 1 aliphatic carbocycles. The molecule has 1 atom stereocenters. The molecule has 1 aromatic heterocycles. The summed E-state index contributed by atoms with van der Waals surface area (Å²) in [5, 5.41) is 3.02. The van der Waals surface area contributed by atoms with E-state index in [2.05, 4.69) is 10.3 Å². The Morgan fingerprint density at radius 2 is 2.00 bits per heavy atom. The average Bonchev–Trinajstić information content (AvgIpc) is 3.10. The number of amides is 1. The third kappa shape index (κ3) is 3.88. The highest BCUT2D eigenvalue weighted by Gasteiger charge is 2.27. The van der Waals surface area contributed by atoms with Gasteiger partial charge in [-0.05, 0) is 42.5 Å². The molecule has 3 rings (SSSR count). The van der Waals surface area contributed by atoms with Gasteiger partial charge in [-0.2, -0.15) is 0 Å². The zero-order valence-electron chi connectivity index (χ0n) is 13.3. The van der Waals surface area contributed by atoms with Crippen molar-refractivity contribution in [1.82, 2.24) is 14.9 Å². The fourth-order valence-corrected chi connectivity index (χ4v) is 3.32. The summed E-state index contributed by atoms with van der Waals surface area (Å²) < 4.78 is 14.5. The standard InChI is InChI=1S/C18H20FN3O2/c19-15-8-6-14(7-9-15)17(13-4-1-2-5-13)21-16(23)12-22-11-3-10-20-18(22)24/h3,6-11,13,17H,1-2,4-5,12H2,(H,21,23)/t17-/m0/s1. The van der Waals surface area contributed by atoms with Crippen LogP contribution in [0.25, 0.3) is 0 Å². The lowest BCUT2D eigenvalue weighted by molar-refractivity contribution is -0.122. The SMILES string of the molecule is O=C(Cn1cccnc1=O)N[C@H](c1ccc(F)cc1)C1CCCC1. The molecule has 0 bridgehead atoms. The van der Waals surface area contributed by atoms with Crippen molar-refractivity contribution < 1.29 is 9.18 Å². The topological polar surface area (TPSA) is 64.0 Å². The Kier molecular flexibility index (Phi) is 5.03. The monoisotopic (exact) mass is 329 g/mol. The molecule has 126 valence electrons. The van der Waals surface area contributed by atoms with Crippen LogP contribution in [0.4, 0.5) is 4.39 Å². The lowest BCUT2D eigenvalue weighted by Crippen LogP contribution is -2.37. The molecule has 5 nitrogen and oxygen atoms in total. The third-order valence-corrected chi connectivity index (χ3v) is 4.51. The molecule has 24 heavy (non-hydrogen) atoms. The number of halogens is 1. The van der Waals surface area contributed by atoms with Crippen LogP contribution in [0.3, 0.4) is 0 Å². The van der Waals surface area contributed by atoms with Crippen molar-refractivity contribution in [2.24, 2.45) is 5.92 Å². The van der Waals surface area contributed by atoms with E-state index in [1.165, 1.54) is 29.1 Å². The normalized spacial score (nSPS) is 16.0. The predicted molar refractivity (Wildman–Crippen MR) is 87.7 cm³/mol. The van der Waals surface area contributed by atoms with Crippen LogP contribution in [0.2, 0.25) is 0 Å². The largest absolute Gasteiger partial charge is 0.347 e. The minimum absolute atomic E-state index is 0.0723. The number of nitrogens with zero attached hydrogens (tertiary/aromatic N) is 2. The molecule has 0 saturated heterocycles. The Morgan fingerprint density at radius 1 is 1.29 bits per heavy atom. The Morgan fingerprint density at radius 3 is 2.67 bits per heavy atom. The van der Waals surface area contributed by atoms with E-state index in [0.717, 1.165) is 31.2 Å². The van der Waals surface area contributed by atoms with Gasteiger partial charge in [0.05, 0.1) is 6.04 Å². The second-order valence-corrected chi connectivity index (χ2v) is 6.17. The Hall–Kier alpha value is -2.50. The van der Waals surface area contributed by atoms with Gasteiger partial charge < -0.3 is 5.32 Å². The Bertz CT molecular complexity index is 751. The highest BCUT2D eigenvalue weighted by atomic mass is 19.1. The van der Waals surface area contributed by atoms with E-state index in [0.29, 0.717) is 5.92 Å². The zero-order valence-corrected chi connectivity index (χ0v) is 13.3. The fourth-order valence-electron chi connectivity index (χ4n) is 3.32. The molecule has 0 spiro atoms. The van der Waals surface area contributed by atoms with Crippen LogP contribution < -0.4 is 11.0 Å². The van der Waals surface area contributed by atoms with Crippen molar-refractivity contribution in [2.75, 3.05) is 0 Å². The number of carbonyl (C=O) groups is 1. The van der Waals surface area contributed by atoms with E-state index in [1.807, 2.05) is 0 Å². The van der Waals surface area contributed by atoms with Gasteiger partial charge in [-0.1, -0.05) is 25.0 Å². The first-order valence-electron chi connectivity index (χ1n) is 8.20. The summed E-state index contributed by atoms with van der Waals surface area (Å²) in [5.74, 6) is -0.200. The van der Waals surface area contributed by atoms with E-state index in [9.17, 15) is 14.0 Å². The highest BCUT2D eigenvalue weighted by molar-refractivity contribution is 5.76. The molecule has 2 aromatic rings. The molecule has 1 N–H and O–H groups in total. The van der Waals surface area contributed by atoms with E-state index in [1.54, 1.807) is 18.2 Å². The van der Waals surface area contributed by atoms with Crippen molar-refractivity contribution in [1.29, 1.82) is 0 Å². The minimum Gasteiger partial charge on any atom is -0.347 e. The maximum atomic E-state index is 13.2. The van der Waals surface area contributed by atoms with E-state index < -0.39 is 5.69 Å². The third-order valence-electron chi connectivity index (χ3n) is 4.51. The van der Waals surface area contributed by atoms with Gasteiger partial charge >= 0.3 is 5.69 Å². The van der Waals surface area contributed by atoms with Gasteiger partial charge in [0.2, 0.25) is 5.91 Å². The number of nitrogens with one attached hydrogen (secondary N) is 1. The molecule has 6 heteroatoms. The van der Waals surface area contributed by atoms with Gasteiger partial charge in [-0.25, -0.2) is 14.2 Å². The molecule has 0 aliphatic heterocycles. The molecule has 1 heterocycles. The van der Waals surface area contributed by atoms with Crippen molar-refractivity contribution >= 4 is 5.91 Å². The van der Waals surface area contributed by atoms with Gasteiger partial charge in [-0.3, -0.25) is 9.36 Å². The van der Waals surface area contributed by atoms with Crippen molar-refractivity contribution in [3.63, 3.8) is 0 Å². The molecule has 1 amide bonds. The molecular formula is C18H20FN3O2. The number of benzene rings is 1. The summed E-state index contributed by atoms with van der Waals surface area (Å²) in [6.07, 6.45) is 7.29. The van der Waals surface area contributed by atoms with Gasteiger partial charge in [0.1, 0.15) is 12.4 Å². The van der Waals surface area contributed by atoms with Gasteiger partial charge in [0.25, 0.3) is 0 Å². The molecule has 1 fully saturated rings. The maximum Gasteiger partial charge on any atom is 0.347 e. The van der Waals surface area contributed by atoms with E-state index >= 15 is 0 Å². The first-order valence-corrected chi connectivity index (χ1v) is 8.20. The summed E-state index contributed by atoms with van der Waals surface area (Å²) in [7, 11) is 0. The smallest absolute Gasteiger partial charge is 0.347 e. The Labute approximate surface area is 139 Å². The van der Waals surface area contributed by atoms with Crippen molar-refractivity contribution in [2.45, 2.75) is 38.3 Å². The average molecular weight is 329 g/mol. The first kappa shape index (κ1) is 16.4. The number of hydrogen-bond acceptors (Lipinski definition) is 3. The van der Waals surface area contributed by atoms with Crippen molar-refractivity contribution in [3.8, 4) is 0 Å². The van der Waals surface area contributed by atoms with Crippen LogP contribution in [-0.2, 0) is 11.3 Å². The summed E-state index contributed by atoms with van der Waals surface area (Å²) in [5.41, 5.74) is 0.446. The van der Waals surface area contributed by atoms with Crippen LogP contribution in [0.5, 0.6) is 0 Å². The van der Waals surface area contributed by atoms with E-state index in [4.69, 9.17) is 0 Å². The quantitative estimate of drug-likeness (QED) is 0.916. The first-order chi connectivity index (χ1) is 11.6. The summed E-state index contributed by atoms with van der Waals surface area (Å²) >= 11 is 0. The van der Waals surface area contributed by atoms with Crippen LogP contribution in [0.15, 0.2) is 47.5 Å². The number of aromatic nitrogens is 2. The Balaban J connectivity index is 1.76. The van der Waals surface area contributed by atoms with Crippen LogP contribution in [0, 0.1) is 11.7 Å². The van der Waals surface area contributed by atoms with Crippen LogP contribution >= 0.6 is 0 Å². The van der Waals surface area contributed by atoms with E-state index in [-0.39, 0.29) is 24.3 Å². The van der Waals surface area contributed by atoms with Crippen LogP contribution in [0.1, 0.15) is 37.3 Å². The van der Waals surface area contributed by atoms with Crippen molar-refractivity contribution in [3.05, 3.63) is 64.6 Å². The lowest BCUT2D eigenvalue weighted by atomic mass is 9.91. The molecular weight excluding hydrogens is 309 g/mol. The van der Waals surface area contributed by atoms with Gasteiger partial charge in [0, 0.05) is 12.4 Å². The van der Waals surface area contributed by atoms with Gasteiger partial charge in [0.15, 0.2) is 0 Å². The number of hydrogen-bond donors (Lipinski definition) is 1. The molecule has 1 saturated carbocycles. The summed E-state index contributed by atoms with van der Waals surface area (Å²) in [6, 6.07) is 7.71. The summed E-state index contributed by atoms with van der Waals surface area (Å²) in [6.45, 7) is -0.0723. The molecule has 0 radical (unpaired) electrons. The second-order valence-electron chi connectivity index (χ2n) is 6.17. The molecule has 1 aromatic carbocycles.